The van der Waals surface area contributed by atoms with Crippen molar-refractivity contribution in [1.82, 2.24) is 5.32 Å². The fourth-order valence-electron chi connectivity index (χ4n) is 1.31. The molecule has 0 aliphatic heterocycles. The topological polar surface area (TPSA) is 52.5 Å². The lowest BCUT2D eigenvalue weighted by Gasteiger charge is -2.16. The fraction of sp³-hybridized carbons (Fsp3) is 0.455. The average molecular weight is 195 g/mol. The van der Waals surface area contributed by atoms with Gasteiger partial charge in [0.15, 0.2) is 0 Å². The third kappa shape index (κ3) is 3.01. The van der Waals surface area contributed by atoms with E-state index in [0.717, 1.165) is 5.56 Å². The van der Waals surface area contributed by atoms with Gasteiger partial charge in [0.1, 0.15) is 5.75 Å². The summed E-state index contributed by atoms with van der Waals surface area (Å²) in [5.74, 6) is 0.290. The maximum atomic E-state index is 9.54. The van der Waals surface area contributed by atoms with Gasteiger partial charge in [-0.15, -0.1) is 0 Å². The number of aliphatic hydroxyl groups excluding tert-OH is 1. The third-order valence-electron chi connectivity index (χ3n) is 2.12. The van der Waals surface area contributed by atoms with Gasteiger partial charge in [0, 0.05) is 18.2 Å². The number of aliphatic hydroxyl groups is 1. The number of phenolic OH excluding ortho intramolecular Hbond substituents is 1. The average Bonchev–Trinajstić information content (AvgIpc) is 2.15. The second kappa shape index (κ2) is 4.98. The van der Waals surface area contributed by atoms with E-state index < -0.39 is 0 Å². The van der Waals surface area contributed by atoms with Crippen LogP contribution in [0.5, 0.6) is 5.75 Å². The predicted molar refractivity (Wildman–Crippen MR) is 56.2 cm³/mol. The molecule has 0 spiro atoms. The minimum absolute atomic E-state index is 0.0470. The van der Waals surface area contributed by atoms with Crippen molar-refractivity contribution < 1.29 is 10.2 Å². The van der Waals surface area contributed by atoms with Crippen molar-refractivity contribution in [3.8, 4) is 5.75 Å². The number of hydrogen-bond donors (Lipinski definition) is 3. The Bertz CT molecular complexity index is 286. The molecule has 3 N–H and O–H groups in total. The first-order chi connectivity index (χ1) is 6.61. The lowest BCUT2D eigenvalue weighted by Crippen LogP contribution is -2.27. The van der Waals surface area contributed by atoms with Crippen molar-refractivity contribution >= 4 is 0 Å². The largest absolute Gasteiger partial charge is 0.508 e. The monoisotopic (exact) mass is 195 g/mol. The first-order valence-electron chi connectivity index (χ1n) is 4.80. The Kier molecular flexibility index (Phi) is 3.92. The summed E-state index contributed by atoms with van der Waals surface area (Å²) in [7, 11) is 0. The number of hydrogen-bond acceptors (Lipinski definition) is 3. The van der Waals surface area contributed by atoms with Crippen LogP contribution in [0.3, 0.4) is 0 Å². The van der Waals surface area contributed by atoms with E-state index in [2.05, 4.69) is 5.32 Å². The number of aromatic hydroxyl groups is 1. The van der Waals surface area contributed by atoms with Gasteiger partial charge in [-0.25, -0.2) is 0 Å². The second-order valence-electron chi connectivity index (χ2n) is 3.54. The van der Waals surface area contributed by atoms with E-state index in [1.54, 1.807) is 19.1 Å². The van der Waals surface area contributed by atoms with Gasteiger partial charge in [0.25, 0.3) is 0 Å². The van der Waals surface area contributed by atoms with Gasteiger partial charge >= 0.3 is 0 Å². The van der Waals surface area contributed by atoms with E-state index in [1.807, 2.05) is 19.1 Å². The number of nitrogens with one attached hydrogen (secondary N) is 1. The van der Waals surface area contributed by atoms with Gasteiger partial charge in [0.2, 0.25) is 0 Å². The van der Waals surface area contributed by atoms with Crippen LogP contribution in [0.2, 0.25) is 0 Å². The van der Waals surface area contributed by atoms with Crippen molar-refractivity contribution in [3.05, 3.63) is 29.8 Å². The highest BCUT2D eigenvalue weighted by Crippen LogP contribution is 2.22. The Morgan fingerprint density at radius 3 is 2.50 bits per heavy atom. The van der Waals surface area contributed by atoms with Crippen LogP contribution in [0, 0.1) is 0 Å². The first kappa shape index (κ1) is 11.0. The van der Waals surface area contributed by atoms with Gasteiger partial charge in [-0.2, -0.15) is 0 Å². The first-order valence-corrected chi connectivity index (χ1v) is 4.80. The van der Waals surface area contributed by atoms with Crippen LogP contribution in [-0.2, 0) is 0 Å². The van der Waals surface area contributed by atoms with Gasteiger partial charge in [-0.3, -0.25) is 0 Å². The van der Waals surface area contributed by atoms with Crippen LogP contribution in [0.25, 0.3) is 0 Å². The van der Waals surface area contributed by atoms with E-state index in [4.69, 9.17) is 5.11 Å². The highest BCUT2D eigenvalue weighted by molar-refractivity contribution is 5.34. The lowest BCUT2D eigenvalue weighted by molar-refractivity contribution is 0.187. The predicted octanol–water partition coefficient (Wildman–Crippen LogP) is 1.42. The molecule has 0 fully saturated rings. The minimum atomic E-state index is -0.372. The summed E-state index contributed by atoms with van der Waals surface area (Å²) in [5, 5.41) is 21.8. The maximum Gasteiger partial charge on any atom is 0.120 e. The zero-order chi connectivity index (χ0) is 10.6. The molecule has 0 aliphatic carbocycles. The van der Waals surface area contributed by atoms with Crippen molar-refractivity contribution in [3.63, 3.8) is 0 Å². The smallest absolute Gasteiger partial charge is 0.120 e. The summed E-state index contributed by atoms with van der Waals surface area (Å²) < 4.78 is 0. The standard InChI is InChI=1S/C11H17NO2/c1-8(13)7-12-9(2)10-5-3-4-6-11(10)14/h3-6,8-9,12-14H,7H2,1-2H3/t8-,9-/m0/s1. The molecule has 0 radical (unpaired) electrons. The van der Waals surface area contributed by atoms with Crippen LogP contribution in [0.15, 0.2) is 24.3 Å². The molecular weight excluding hydrogens is 178 g/mol. The number of rotatable bonds is 4. The molecule has 78 valence electrons. The molecule has 1 aromatic rings. The van der Waals surface area contributed by atoms with E-state index in [0.29, 0.717) is 6.54 Å². The van der Waals surface area contributed by atoms with Gasteiger partial charge < -0.3 is 15.5 Å². The van der Waals surface area contributed by atoms with Crippen molar-refractivity contribution in [2.24, 2.45) is 0 Å². The molecule has 0 saturated carbocycles. The molecule has 3 nitrogen and oxygen atoms in total. The van der Waals surface area contributed by atoms with Crippen molar-refractivity contribution in [1.29, 1.82) is 0 Å². The lowest BCUT2D eigenvalue weighted by atomic mass is 10.1. The molecule has 1 aromatic carbocycles. The van der Waals surface area contributed by atoms with Gasteiger partial charge in [0.05, 0.1) is 6.10 Å². The van der Waals surface area contributed by atoms with E-state index in [-0.39, 0.29) is 17.9 Å². The van der Waals surface area contributed by atoms with E-state index in [9.17, 15) is 5.11 Å². The molecule has 0 saturated heterocycles. The summed E-state index contributed by atoms with van der Waals surface area (Å²) in [6, 6.07) is 7.26. The van der Waals surface area contributed by atoms with Crippen LogP contribution in [-0.4, -0.2) is 22.9 Å². The summed E-state index contributed by atoms with van der Waals surface area (Å²) in [5.41, 5.74) is 0.855. The molecular formula is C11H17NO2. The van der Waals surface area contributed by atoms with Crippen molar-refractivity contribution in [2.45, 2.75) is 26.0 Å². The fourth-order valence-corrected chi connectivity index (χ4v) is 1.31. The Morgan fingerprint density at radius 2 is 1.93 bits per heavy atom. The maximum absolute atomic E-state index is 9.54. The minimum Gasteiger partial charge on any atom is -0.508 e. The number of para-hydroxylation sites is 1. The molecule has 0 bridgehead atoms. The Balaban J connectivity index is 2.60. The summed E-state index contributed by atoms with van der Waals surface area (Å²) in [6.07, 6.45) is -0.372. The molecule has 3 heteroatoms. The Morgan fingerprint density at radius 1 is 1.29 bits per heavy atom. The highest BCUT2D eigenvalue weighted by Gasteiger charge is 2.09. The van der Waals surface area contributed by atoms with Gasteiger partial charge in [-0.05, 0) is 19.9 Å². The zero-order valence-corrected chi connectivity index (χ0v) is 8.57. The highest BCUT2D eigenvalue weighted by atomic mass is 16.3. The third-order valence-corrected chi connectivity index (χ3v) is 2.12. The quantitative estimate of drug-likeness (QED) is 0.681. The molecule has 14 heavy (non-hydrogen) atoms. The van der Waals surface area contributed by atoms with Crippen LogP contribution in [0.4, 0.5) is 0 Å². The van der Waals surface area contributed by atoms with Crippen molar-refractivity contribution in [2.75, 3.05) is 6.54 Å². The zero-order valence-electron chi connectivity index (χ0n) is 8.57. The molecule has 1 rings (SSSR count). The summed E-state index contributed by atoms with van der Waals surface area (Å²) in [6.45, 7) is 4.21. The molecule has 0 aromatic heterocycles. The SMILES string of the molecule is C[C@H](O)CN[C@@H](C)c1ccccc1O. The molecule has 0 amide bonds. The van der Waals surface area contributed by atoms with E-state index in [1.165, 1.54) is 0 Å². The summed E-state index contributed by atoms with van der Waals surface area (Å²) >= 11 is 0. The molecule has 0 heterocycles. The molecule has 0 unspecified atom stereocenters. The van der Waals surface area contributed by atoms with Crippen LogP contribution >= 0.6 is 0 Å². The Labute approximate surface area is 84.4 Å². The molecule has 0 aliphatic rings. The van der Waals surface area contributed by atoms with Gasteiger partial charge in [-0.1, -0.05) is 18.2 Å². The summed E-state index contributed by atoms with van der Waals surface area (Å²) in [4.78, 5) is 0. The van der Waals surface area contributed by atoms with Crippen LogP contribution in [0.1, 0.15) is 25.5 Å². The number of phenols is 1. The van der Waals surface area contributed by atoms with Crippen LogP contribution < -0.4 is 5.32 Å². The number of benzene rings is 1. The second-order valence-corrected chi connectivity index (χ2v) is 3.54. The van der Waals surface area contributed by atoms with E-state index >= 15 is 0 Å². The molecule has 2 atom stereocenters. The normalized spacial score (nSPS) is 15.1. The Hall–Kier alpha value is -1.06.